The van der Waals surface area contributed by atoms with Crippen molar-refractivity contribution < 1.29 is 43.7 Å². The molecule has 140 valence electrons. The molecule has 0 aromatic heterocycles. The van der Waals surface area contributed by atoms with E-state index in [1.165, 1.54) is 40.0 Å². The van der Waals surface area contributed by atoms with Gasteiger partial charge in [-0.2, -0.15) is 0 Å². The zero-order valence-electron chi connectivity index (χ0n) is 13.9. The third-order valence-corrected chi connectivity index (χ3v) is 0.673. The van der Waals surface area contributed by atoms with Gasteiger partial charge in [0.1, 0.15) is 0 Å². The molecule has 0 amide bonds. The lowest BCUT2D eigenvalue weighted by Gasteiger charge is -2.00. The van der Waals surface area contributed by atoms with Crippen molar-refractivity contribution in [2.45, 2.75) is 12.5 Å². The van der Waals surface area contributed by atoms with Gasteiger partial charge in [-0.3, -0.25) is 13.7 Å². The van der Waals surface area contributed by atoms with E-state index in [0.717, 1.165) is 0 Å². The van der Waals surface area contributed by atoms with Gasteiger partial charge in [-0.15, -0.1) is 0 Å². The lowest BCUT2D eigenvalue weighted by molar-refractivity contribution is 0.0721. The van der Waals surface area contributed by atoms with Crippen LogP contribution in [0, 0.1) is 0 Å². The Bertz CT molecular complexity index is 295. The van der Waals surface area contributed by atoms with Crippen LogP contribution in [0.15, 0.2) is 0 Å². The molecule has 22 heavy (non-hydrogen) atoms. The molecule has 0 spiro atoms. The second-order valence-corrected chi connectivity index (χ2v) is 13.0. The Balaban J connectivity index is -0.0000000995. The maximum Gasteiger partial charge on any atom is 0.194 e. The SMILES string of the molecule is CP(C)(=O)O.CP(C)(=O)O.CP(C)(=O)O.OCCC(O)CO. The maximum absolute atomic E-state index is 9.77. The molecule has 0 bridgehead atoms. The van der Waals surface area contributed by atoms with E-state index in [2.05, 4.69) is 0 Å². The van der Waals surface area contributed by atoms with Gasteiger partial charge < -0.3 is 30.0 Å². The second kappa shape index (κ2) is 15.0. The van der Waals surface area contributed by atoms with Crippen LogP contribution in [0.3, 0.4) is 0 Å². The molecule has 0 saturated heterocycles. The number of aliphatic hydroxyl groups excluding tert-OH is 3. The summed E-state index contributed by atoms with van der Waals surface area (Å²) in [5.74, 6) is 0. The largest absolute Gasteiger partial charge is 0.396 e. The topological polar surface area (TPSA) is 173 Å². The van der Waals surface area contributed by atoms with E-state index >= 15 is 0 Å². The molecule has 1 atom stereocenters. The highest BCUT2D eigenvalue weighted by Gasteiger charge is 1.97. The first-order valence-electron chi connectivity index (χ1n) is 6.04. The zero-order valence-corrected chi connectivity index (χ0v) is 16.6. The van der Waals surface area contributed by atoms with Gasteiger partial charge in [0.25, 0.3) is 0 Å². The molecule has 0 fully saturated rings. The van der Waals surface area contributed by atoms with Crippen LogP contribution in [0.1, 0.15) is 6.42 Å². The van der Waals surface area contributed by atoms with Gasteiger partial charge in [0, 0.05) is 46.6 Å². The fourth-order valence-corrected chi connectivity index (χ4v) is 0.240. The summed E-state index contributed by atoms with van der Waals surface area (Å²) in [6.07, 6.45) is -0.485. The van der Waals surface area contributed by atoms with Crippen LogP contribution < -0.4 is 0 Å². The summed E-state index contributed by atoms with van der Waals surface area (Å²) in [5.41, 5.74) is 0. The van der Waals surface area contributed by atoms with Crippen LogP contribution in [-0.4, -0.2) is 89.3 Å². The quantitative estimate of drug-likeness (QED) is 0.371. The third kappa shape index (κ3) is 260. The highest BCUT2D eigenvalue weighted by atomic mass is 31.2. The first kappa shape index (κ1) is 30.3. The molecule has 0 radical (unpaired) electrons. The first-order valence-corrected chi connectivity index (χ1v) is 13.7. The monoisotopic (exact) mass is 388 g/mol. The minimum Gasteiger partial charge on any atom is -0.396 e. The minimum atomic E-state index is -2.64. The van der Waals surface area contributed by atoms with Crippen molar-refractivity contribution in [3.63, 3.8) is 0 Å². The Hall–Kier alpha value is 0.450. The van der Waals surface area contributed by atoms with Gasteiger partial charge in [-0.1, -0.05) is 0 Å². The van der Waals surface area contributed by atoms with E-state index in [1.54, 1.807) is 0 Å². The lowest BCUT2D eigenvalue weighted by atomic mass is 10.3. The molecule has 0 aliphatic heterocycles. The van der Waals surface area contributed by atoms with Crippen molar-refractivity contribution in [1.29, 1.82) is 0 Å². The van der Waals surface area contributed by atoms with E-state index in [-0.39, 0.29) is 19.6 Å². The van der Waals surface area contributed by atoms with Crippen LogP contribution in [-0.2, 0) is 13.7 Å². The average Bonchev–Trinajstić information content (AvgIpc) is 2.09. The van der Waals surface area contributed by atoms with Crippen molar-refractivity contribution in [2.24, 2.45) is 0 Å². The summed E-state index contributed by atoms with van der Waals surface area (Å²) in [6, 6.07) is 0. The second-order valence-electron chi connectivity index (χ2n) is 5.23. The summed E-state index contributed by atoms with van der Waals surface area (Å²) in [6.45, 7) is 7.46. The molecular weight excluding hydrogens is 357 g/mol. The molecule has 0 heterocycles. The molecule has 12 heteroatoms. The third-order valence-electron chi connectivity index (χ3n) is 0.673. The molecule has 9 nitrogen and oxygen atoms in total. The molecule has 0 aromatic carbocycles. The van der Waals surface area contributed by atoms with Crippen molar-refractivity contribution >= 4 is 22.1 Å². The van der Waals surface area contributed by atoms with Crippen molar-refractivity contribution in [2.75, 3.05) is 53.2 Å². The summed E-state index contributed by atoms with van der Waals surface area (Å²) < 4.78 is 29.3. The van der Waals surface area contributed by atoms with Crippen LogP contribution in [0.5, 0.6) is 0 Å². The fourth-order valence-electron chi connectivity index (χ4n) is 0.240. The molecule has 6 N–H and O–H groups in total. The smallest absolute Gasteiger partial charge is 0.194 e. The Labute approximate surface area is 132 Å². The fraction of sp³-hybridized carbons (Fsp3) is 1.00. The summed E-state index contributed by atoms with van der Waals surface area (Å²) >= 11 is 0. The molecule has 1 unspecified atom stereocenters. The highest BCUT2D eigenvalue weighted by Crippen LogP contribution is 2.28. The van der Waals surface area contributed by atoms with Crippen LogP contribution >= 0.6 is 22.1 Å². The predicted molar refractivity (Wildman–Crippen MR) is 89.8 cm³/mol. The average molecular weight is 388 g/mol. The molecule has 0 rings (SSSR count). The van der Waals surface area contributed by atoms with Crippen molar-refractivity contribution in [3.8, 4) is 0 Å². The molecule has 0 aliphatic rings. The highest BCUT2D eigenvalue weighted by molar-refractivity contribution is 7.56. The van der Waals surface area contributed by atoms with E-state index < -0.39 is 28.2 Å². The Morgan fingerprint density at radius 2 is 0.909 bits per heavy atom. The van der Waals surface area contributed by atoms with Gasteiger partial charge in [0.05, 0.1) is 12.7 Å². The van der Waals surface area contributed by atoms with Gasteiger partial charge in [0.15, 0.2) is 22.1 Å². The van der Waals surface area contributed by atoms with Crippen LogP contribution in [0.4, 0.5) is 0 Å². The predicted octanol–water partition coefficient (Wildman–Crippen LogP) is 0.271. The van der Waals surface area contributed by atoms with E-state index in [1.807, 2.05) is 0 Å². The van der Waals surface area contributed by atoms with Gasteiger partial charge >= 0.3 is 0 Å². The Morgan fingerprint density at radius 3 is 0.955 bits per heavy atom. The van der Waals surface area contributed by atoms with E-state index in [0.29, 0.717) is 0 Å². The Kier molecular flexibility index (Phi) is 20.7. The van der Waals surface area contributed by atoms with Crippen molar-refractivity contribution in [3.05, 3.63) is 0 Å². The zero-order chi connectivity index (χ0) is 19.2. The number of hydrogen-bond acceptors (Lipinski definition) is 6. The summed E-state index contributed by atoms with van der Waals surface area (Å²) in [5, 5.41) is 24.6. The van der Waals surface area contributed by atoms with E-state index in [4.69, 9.17) is 30.0 Å². The number of hydrogen-bond donors (Lipinski definition) is 6. The minimum absolute atomic E-state index is 0.0677. The number of aliphatic hydroxyl groups is 3. The maximum atomic E-state index is 9.77. The van der Waals surface area contributed by atoms with Crippen molar-refractivity contribution in [1.82, 2.24) is 0 Å². The van der Waals surface area contributed by atoms with Crippen LogP contribution in [0.2, 0.25) is 0 Å². The standard InChI is InChI=1S/C4H10O3.3C2H7O2P/c5-2-1-4(7)3-6;3*1-5(2,3)4/h4-7H,1-3H2;3*1-2H3,(H,3,4). The first-order chi connectivity index (χ1) is 9.31. The van der Waals surface area contributed by atoms with E-state index in [9.17, 15) is 13.7 Å². The number of rotatable bonds is 3. The summed E-state index contributed by atoms with van der Waals surface area (Å²) in [7, 11) is -7.92. The van der Waals surface area contributed by atoms with Gasteiger partial charge in [-0.05, 0) is 6.42 Å². The van der Waals surface area contributed by atoms with Gasteiger partial charge in [0.2, 0.25) is 0 Å². The molecule has 0 aromatic rings. The lowest BCUT2D eigenvalue weighted by Crippen LogP contribution is -2.12. The Morgan fingerprint density at radius 1 is 0.727 bits per heavy atom. The molecule has 0 saturated carbocycles. The summed E-state index contributed by atoms with van der Waals surface area (Å²) in [4.78, 5) is 24.2. The molecular formula is C10H31O9P3. The molecule has 0 aliphatic carbocycles. The normalized spacial score (nSPS) is 12.5. The van der Waals surface area contributed by atoms with Crippen LogP contribution in [0.25, 0.3) is 0 Å². The van der Waals surface area contributed by atoms with Gasteiger partial charge in [-0.25, -0.2) is 0 Å².